The number of nitrogens with zero attached hydrogens (tertiary/aromatic N) is 3. The van der Waals surface area contributed by atoms with Gasteiger partial charge in [0.15, 0.2) is 0 Å². The first kappa shape index (κ1) is 18.9. The first-order chi connectivity index (χ1) is 11.6. The van der Waals surface area contributed by atoms with Gasteiger partial charge in [-0.1, -0.05) is 0 Å². The minimum absolute atomic E-state index is 0.0362. The van der Waals surface area contributed by atoms with E-state index in [0.29, 0.717) is 5.69 Å². The van der Waals surface area contributed by atoms with E-state index in [4.69, 9.17) is 0 Å². The molecule has 0 radical (unpaired) electrons. The number of hydrogen-bond acceptors (Lipinski definition) is 3. The molecule has 0 aromatic heterocycles. The molecule has 6 nitrogen and oxygen atoms in total. The van der Waals surface area contributed by atoms with Crippen molar-refractivity contribution in [1.29, 1.82) is 0 Å². The number of urea groups is 1. The predicted molar refractivity (Wildman–Crippen MR) is 92.6 cm³/mol. The van der Waals surface area contributed by atoms with E-state index < -0.39 is 23.8 Å². The highest BCUT2D eigenvalue weighted by atomic mass is 19.1. The molecular weight excluding hydrogens is 325 g/mol. The highest BCUT2D eigenvalue weighted by Crippen LogP contribution is 2.26. The van der Waals surface area contributed by atoms with Gasteiger partial charge in [0.25, 0.3) is 5.91 Å². The number of carbonyl (C=O) groups is 3. The Kier molecular flexibility index (Phi) is 5.45. The molecule has 1 aliphatic heterocycles. The van der Waals surface area contributed by atoms with Gasteiger partial charge >= 0.3 is 6.03 Å². The fourth-order valence-corrected chi connectivity index (χ4v) is 3.20. The summed E-state index contributed by atoms with van der Waals surface area (Å²) in [5.74, 6) is -1.14. The van der Waals surface area contributed by atoms with Crippen LogP contribution in [0.5, 0.6) is 0 Å². The number of imide groups is 1. The number of benzene rings is 1. The van der Waals surface area contributed by atoms with Crippen LogP contribution in [0.4, 0.5) is 14.9 Å². The van der Waals surface area contributed by atoms with Crippen LogP contribution in [0.25, 0.3) is 0 Å². The van der Waals surface area contributed by atoms with Crippen molar-refractivity contribution in [2.75, 3.05) is 11.4 Å². The lowest BCUT2D eigenvalue weighted by Gasteiger charge is -2.31. The molecular formula is C18H24FN3O3. The second kappa shape index (κ2) is 7.21. The normalized spacial score (nSPS) is 17.8. The molecule has 1 aromatic carbocycles. The summed E-state index contributed by atoms with van der Waals surface area (Å²) in [5, 5.41) is 0. The highest BCUT2D eigenvalue weighted by molar-refractivity contribution is 6.15. The Morgan fingerprint density at radius 3 is 2.12 bits per heavy atom. The lowest BCUT2D eigenvalue weighted by Crippen LogP contribution is -2.48. The van der Waals surface area contributed by atoms with Crippen molar-refractivity contribution in [3.63, 3.8) is 0 Å². The fourth-order valence-electron chi connectivity index (χ4n) is 3.20. The summed E-state index contributed by atoms with van der Waals surface area (Å²) in [4.78, 5) is 41.6. The molecule has 1 aliphatic rings. The molecule has 2 rings (SSSR count). The van der Waals surface area contributed by atoms with E-state index >= 15 is 0 Å². The topological polar surface area (TPSA) is 60.9 Å². The van der Waals surface area contributed by atoms with E-state index in [1.807, 2.05) is 27.7 Å². The van der Waals surface area contributed by atoms with E-state index in [-0.39, 0.29) is 24.5 Å². The molecule has 0 aliphatic carbocycles. The van der Waals surface area contributed by atoms with Crippen molar-refractivity contribution in [3.8, 4) is 0 Å². The summed E-state index contributed by atoms with van der Waals surface area (Å²) in [6.45, 7) is 8.85. The van der Waals surface area contributed by atoms with Gasteiger partial charge in [-0.05, 0) is 58.9 Å². The van der Waals surface area contributed by atoms with E-state index in [0.717, 1.165) is 4.90 Å². The Morgan fingerprint density at radius 1 is 1.12 bits per heavy atom. The van der Waals surface area contributed by atoms with Gasteiger partial charge in [0.2, 0.25) is 5.91 Å². The van der Waals surface area contributed by atoms with Crippen molar-refractivity contribution in [2.45, 2.75) is 52.7 Å². The van der Waals surface area contributed by atoms with Crippen molar-refractivity contribution < 1.29 is 18.8 Å². The molecule has 1 aromatic rings. The van der Waals surface area contributed by atoms with E-state index in [9.17, 15) is 18.8 Å². The third kappa shape index (κ3) is 3.65. The zero-order chi connectivity index (χ0) is 18.9. The van der Waals surface area contributed by atoms with Gasteiger partial charge in [0.05, 0.1) is 0 Å². The van der Waals surface area contributed by atoms with Crippen molar-refractivity contribution in [2.24, 2.45) is 0 Å². The number of rotatable bonds is 5. The average Bonchev–Trinajstić information content (AvgIpc) is 2.71. The summed E-state index contributed by atoms with van der Waals surface area (Å²) < 4.78 is 13.1. The molecule has 25 heavy (non-hydrogen) atoms. The Morgan fingerprint density at radius 2 is 1.64 bits per heavy atom. The first-order valence-corrected chi connectivity index (χ1v) is 8.36. The van der Waals surface area contributed by atoms with E-state index in [1.54, 1.807) is 11.8 Å². The second-order valence-corrected chi connectivity index (χ2v) is 6.72. The number of hydrogen-bond donors (Lipinski definition) is 0. The Balaban J connectivity index is 2.22. The maximum atomic E-state index is 13.1. The third-order valence-electron chi connectivity index (χ3n) is 4.25. The lowest BCUT2D eigenvalue weighted by atomic mass is 10.2. The minimum Gasteiger partial charge on any atom is -0.336 e. The molecule has 4 amide bonds. The summed E-state index contributed by atoms with van der Waals surface area (Å²) in [5.41, 5.74) is 0.423. The third-order valence-corrected chi connectivity index (χ3v) is 4.25. The SMILES string of the molecule is CC(C)N(C(=O)CN1C(=O)[C@H](C)N(c2ccc(F)cc2)C1=O)C(C)C. The fraction of sp³-hybridized carbons (Fsp3) is 0.500. The zero-order valence-corrected chi connectivity index (χ0v) is 15.2. The van der Waals surface area contributed by atoms with Crippen LogP contribution in [0, 0.1) is 5.82 Å². The lowest BCUT2D eigenvalue weighted by molar-refractivity contribution is -0.139. The quantitative estimate of drug-likeness (QED) is 0.768. The van der Waals surface area contributed by atoms with Gasteiger partial charge in [-0.3, -0.25) is 19.4 Å². The van der Waals surface area contributed by atoms with Crippen LogP contribution in [0.1, 0.15) is 34.6 Å². The largest absolute Gasteiger partial charge is 0.336 e. The molecule has 1 saturated heterocycles. The van der Waals surface area contributed by atoms with Gasteiger partial charge in [-0.25, -0.2) is 9.18 Å². The predicted octanol–water partition coefficient (Wildman–Crippen LogP) is 2.63. The van der Waals surface area contributed by atoms with Crippen LogP contribution in [-0.4, -0.2) is 52.3 Å². The molecule has 0 bridgehead atoms. The summed E-state index contributed by atoms with van der Waals surface area (Å²) >= 11 is 0. The molecule has 1 heterocycles. The monoisotopic (exact) mass is 349 g/mol. The Hall–Kier alpha value is -2.44. The van der Waals surface area contributed by atoms with Gasteiger partial charge < -0.3 is 4.90 Å². The molecule has 1 fully saturated rings. The number of amides is 4. The van der Waals surface area contributed by atoms with Gasteiger partial charge in [0.1, 0.15) is 18.4 Å². The smallest absolute Gasteiger partial charge is 0.332 e. The molecule has 7 heteroatoms. The Labute approximate surface area is 147 Å². The van der Waals surface area contributed by atoms with Crippen molar-refractivity contribution in [3.05, 3.63) is 30.1 Å². The molecule has 0 saturated carbocycles. The van der Waals surface area contributed by atoms with Crippen LogP contribution in [0.2, 0.25) is 0 Å². The number of halogens is 1. The van der Waals surface area contributed by atoms with Crippen molar-refractivity contribution >= 4 is 23.5 Å². The standard InChI is InChI=1S/C18H24FN3O3/c1-11(2)21(12(3)4)16(23)10-20-17(24)13(5)22(18(20)25)15-8-6-14(19)7-9-15/h6-9,11-13H,10H2,1-5H3/t13-/m0/s1. The first-order valence-electron chi connectivity index (χ1n) is 8.36. The molecule has 136 valence electrons. The van der Waals surface area contributed by atoms with Crippen molar-refractivity contribution in [1.82, 2.24) is 9.80 Å². The average molecular weight is 349 g/mol. The minimum atomic E-state index is -0.739. The van der Waals surface area contributed by atoms with Crippen LogP contribution < -0.4 is 4.90 Å². The summed E-state index contributed by atoms with van der Waals surface area (Å²) in [6, 6.07) is 3.96. The molecule has 0 spiro atoms. The van der Waals surface area contributed by atoms with Gasteiger partial charge in [0, 0.05) is 17.8 Å². The van der Waals surface area contributed by atoms with Gasteiger partial charge in [-0.2, -0.15) is 0 Å². The second-order valence-electron chi connectivity index (χ2n) is 6.72. The van der Waals surface area contributed by atoms with Crippen LogP contribution in [0.15, 0.2) is 24.3 Å². The molecule has 0 unspecified atom stereocenters. The van der Waals surface area contributed by atoms with Crippen LogP contribution >= 0.6 is 0 Å². The molecule has 1 atom stereocenters. The number of carbonyl (C=O) groups excluding carboxylic acids is 3. The van der Waals surface area contributed by atoms with E-state index in [2.05, 4.69) is 0 Å². The Bertz CT molecular complexity index is 665. The zero-order valence-electron chi connectivity index (χ0n) is 15.2. The summed E-state index contributed by atoms with van der Waals surface area (Å²) in [7, 11) is 0. The maximum absolute atomic E-state index is 13.1. The van der Waals surface area contributed by atoms with E-state index in [1.165, 1.54) is 29.2 Å². The van der Waals surface area contributed by atoms with Gasteiger partial charge in [-0.15, -0.1) is 0 Å². The van der Waals surface area contributed by atoms with Crippen LogP contribution in [-0.2, 0) is 9.59 Å². The highest BCUT2D eigenvalue weighted by Gasteiger charge is 2.44. The molecule has 0 N–H and O–H groups in total. The number of anilines is 1. The maximum Gasteiger partial charge on any atom is 0.332 e. The van der Waals surface area contributed by atoms with Crippen LogP contribution in [0.3, 0.4) is 0 Å². The summed E-state index contributed by atoms with van der Waals surface area (Å²) in [6.07, 6.45) is 0.